The van der Waals surface area contributed by atoms with Crippen molar-refractivity contribution < 1.29 is 13.2 Å². The third kappa shape index (κ3) is 2.55. The number of fused-ring (bicyclic) bond motifs is 1. The molecule has 0 spiro atoms. The Kier molecular flexibility index (Phi) is 3.75. The molecule has 5 nitrogen and oxygen atoms in total. The zero-order chi connectivity index (χ0) is 18.8. The van der Waals surface area contributed by atoms with Crippen LogP contribution in [-0.4, -0.2) is 25.4 Å². The number of alkyl halides is 2. The fraction of sp³-hybridized carbons (Fsp3) is 0.250. The Bertz CT molecular complexity index is 1130. The maximum absolute atomic E-state index is 13.8. The van der Waals surface area contributed by atoms with Gasteiger partial charge in [0.2, 0.25) is 0 Å². The van der Waals surface area contributed by atoms with Crippen molar-refractivity contribution in [3.63, 3.8) is 0 Å². The zero-order valence-corrected chi connectivity index (χ0v) is 14.6. The summed E-state index contributed by atoms with van der Waals surface area (Å²) in [4.78, 5) is 24.1. The predicted molar refractivity (Wildman–Crippen MR) is 90.0 cm³/mol. The van der Waals surface area contributed by atoms with Crippen LogP contribution < -0.4 is 5.69 Å². The molecule has 10 heteroatoms. The number of aromatic nitrogens is 4. The van der Waals surface area contributed by atoms with Crippen LogP contribution in [0.15, 0.2) is 23.1 Å². The van der Waals surface area contributed by atoms with Crippen molar-refractivity contribution in [1.29, 1.82) is 0 Å². The minimum atomic E-state index is -2.90. The Morgan fingerprint density at radius 1 is 1.27 bits per heavy atom. The van der Waals surface area contributed by atoms with E-state index in [2.05, 4.69) is 15.0 Å². The van der Waals surface area contributed by atoms with Gasteiger partial charge in [-0.25, -0.2) is 27.5 Å². The molecule has 0 N–H and O–H groups in total. The van der Waals surface area contributed by atoms with E-state index in [1.54, 1.807) is 13.0 Å². The highest BCUT2D eigenvalue weighted by Gasteiger charge is 2.59. The molecule has 26 heavy (non-hydrogen) atoms. The highest BCUT2D eigenvalue weighted by molar-refractivity contribution is 6.34. The van der Waals surface area contributed by atoms with Crippen molar-refractivity contribution in [3.8, 4) is 5.69 Å². The summed E-state index contributed by atoms with van der Waals surface area (Å²) in [5.74, 6) is -4.86. The fourth-order valence-corrected chi connectivity index (χ4v) is 3.24. The van der Waals surface area contributed by atoms with E-state index in [1.165, 1.54) is 6.20 Å². The van der Waals surface area contributed by atoms with Crippen molar-refractivity contribution in [2.75, 3.05) is 0 Å². The van der Waals surface area contributed by atoms with E-state index in [1.807, 2.05) is 0 Å². The molecule has 1 aliphatic rings. The Hall–Kier alpha value is -2.19. The molecule has 3 heterocycles. The predicted octanol–water partition coefficient (Wildman–Crippen LogP) is 4.05. The molecule has 1 unspecified atom stereocenters. The van der Waals surface area contributed by atoms with Gasteiger partial charge in [-0.2, -0.15) is 4.98 Å². The van der Waals surface area contributed by atoms with Gasteiger partial charge in [0.1, 0.15) is 5.15 Å². The molecular weight excluding hydrogens is 392 g/mol. The molecule has 0 radical (unpaired) electrons. The van der Waals surface area contributed by atoms with Crippen molar-refractivity contribution in [1.82, 2.24) is 19.5 Å². The molecular formula is C16H9Cl2F3N4O. The second kappa shape index (κ2) is 5.65. The van der Waals surface area contributed by atoms with Gasteiger partial charge in [0.15, 0.2) is 16.6 Å². The second-order valence-corrected chi connectivity index (χ2v) is 6.75. The summed E-state index contributed by atoms with van der Waals surface area (Å²) in [5.41, 5.74) is -0.247. The second-order valence-electron chi connectivity index (χ2n) is 6.03. The molecule has 0 aliphatic heterocycles. The highest BCUT2D eigenvalue weighted by Crippen LogP contribution is 2.56. The molecule has 0 aromatic carbocycles. The molecule has 1 aliphatic carbocycles. The van der Waals surface area contributed by atoms with E-state index in [0.29, 0.717) is 5.56 Å². The van der Waals surface area contributed by atoms with Crippen LogP contribution in [0.5, 0.6) is 0 Å². The summed E-state index contributed by atoms with van der Waals surface area (Å²) >= 11 is 11.7. The van der Waals surface area contributed by atoms with Crippen LogP contribution in [0.25, 0.3) is 16.7 Å². The SMILES string of the molecule is Cc1ccnc(C2CC2(F)F)c1-n1c(=O)nc(Cl)c2cc(F)c(Cl)nc21. The van der Waals surface area contributed by atoms with Gasteiger partial charge in [-0.3, -0.25) is 4.98 Å². The lowest BCUT2D eigenvalue weighted by molar-refractivity contribution is 0.111. The fourth-order valence-electron chi connectivity index (χ4n) is 2.89. The molecule has 3 aromatic rings. The third-order valence-corrected chi connectivity index (χ3v) is 4.82. The lowest BCUT2D eigenvalue weighted by Gasteiger charge is -2.16. The Balaban J connectivity index is 2.11. The van der Waals surface area contributed by atoms with Gasteiger partial charge in [0.05, 0.1) is 22.7 Å². The molecule has 0 amide bonds. The van der Waals surface area contributed by atoms with Gasteiger partial charge in [-0.1, -0.05) is 23.2 Å². The minimum Gasteiger partial charge on any atom is -0.259 e. The lowest BCUT2D eigenvalue weighted by atomic mass is 10.1. The average Bonchev–Trinajstić information content (AvgIpc) is 3.19. The van der Waals surface area contributed by atoms with Gasteiger partial charge in [0, 0.05) is 12.6 Å². The Labute approximate surface area is 154 Å². The first kappa shape index (κ1) is 17.2. The first-order valence-electron chi connectivity index (χ1n) is 7.48. The maximum atomic E-state index is 13.8. The minimum absolute atomic E-state index is 0.0323. The molecule has 134 valence electrons. The van der Waals surface area contributed by atoms with E-state index >= 15 is 0 Å². The van der Waals surface area contributed by atoms with Crippen LogP contribution in [0.3, 0.4) is 0 Å². The summed E-state index contributed by atoms with van der Waals surface area (Å²) in [6.07, 6.45) is 1.02. The van der Waals surface area contributed by atoms with Gasteiger partial charge >= 0.3 is 5.69 Å². The topological polar surface area (TPSA) is 60.7 Å². The van der Waals surface area contributed by atoms with E-state index in [-0.39, 0.29) is 34.0 Å². The molecule has 4 rings (SSSR count). The number of aryl methyl sites for hydroxylation is 1. The van der Waals surface area contributed by atoms with Gasteiger partial charge < -0.3 is 0 Å². The van der Waals surface area contributed by atoms with Gasteiger partial charge in [-0.05, 0) is 24.6 Å². The molecule has 0 bridgehead atoms. The first-order chi connectivity index (χ1) is 12.2. The summed E-state index contributed by atoms with van der Waals surface area (Å²) in [5, 5.41) is -0.707. The summed E-state index contributed by atoms with van der Waals surface area (Å²) in [6.45, 7) is 1.64. The van der Waals surface area contributed by atoms with E-state index in [4.69, 9.17) is 23.2 Å². The van der Waals surface area contributed by atoms with Crippen molar-refractivity contribution in [2.45, 2.75) is 25.2 Å². The maximum Gasteiger partial charge on any atom is 0.355 e. The molecule has 0 saturated heterocycles. The number of hydrogen-bond acceptors (Lipinski definition) is 4. The van der Waals surface area contributed by atoms with Crippen LogP contribution in [-0.2, 0) is 0 Å². The normalized spacial score (nSPS) is 18.3. The van der Waals surface area contributed by atoms with Crippen molar-refractivity contribution in [2.24, 2.45) is 0 Å². The number of hydrogen-bond donors (Lipinski definition) is 0. The third-order valence-electron chi connectivity index (χ3n) is 4.27. The molecule has 1 atom stereocenters. The summed E-state index contributed by atoms with van der Waals surface area (Å²) < 4.78 is 42.1. The van der Waals surface area contributed by atoms with Crippen molar-refractivity contribution >= 4 is 34.2 Å². The van der Waals surface area contributed by atoms with Gasteiger partial charge in [-0.15, -0.1) is 0 Å². The Morgan fingerprint density at radius 2 is 1.96 bits per heavy atom. The monoisotopic (exact) mass is 400 g/mol. The van der Waals surface area contributed by atoms with Crippen LogP contribution in [0, 0.1) is 12.7 Å². The van der Waals surface area contributed by atoms with E-state index in [9.17, 15) is 18.0 Å². The Morgan fingerprint density at radius 3 is 2.62 bits per heavy atom. The van der Waals surface area contributed by atoms with Crippen LogP contribution in [0.1, 0.15) is 23.6 Å². The van der Waals surface area contributed by atoms with Crippen LogP contribution in [0.2, 0.25) is 10.3 Å². The highest BCUT2D eigenvalue weighted by atomic mass is 35.5. The van der Waals surface area contributed by atoms with Crippen LogP contribution in [0.4, 0.5) is 13.2 Å². The first-order valence-corrected chi connectivity index (χ1v) is 8.24. The number of nitrogens with zero attached hydrogens (tertiary/aromatic N) is 4. The van der Waals surface area contributed by atoms with Crippen molar-refractivity contribution in [3.05, 3.63) is 56.2 Å². The largest absolute Gasteiger partial charge is 0.355 e. The number of pyridine rings is 2. The summed E-state index contributed by atoms with van der Waals surface area (Å²) in [7, 11) is 0. The number of halogens is 5. The zero-order valence-electron chi connectivity index (χ0n) is 13.1. The van der Waals surface area contributed by atoms with E-state index < -0.39 is 28.5 Å². The van der Waals surface area contributed by atoms with Crippen LogP contribution >= 0.6 is 23.2 Å². The number of rotatable bonds is 2. The quantitative estimate of drug-likeness (QED) is 0.480. The van der Waals surface area contributed by atoms with E-state index in [0.717, 1.165) is 10.6 Å². The molecule has 3 aromatic heterocycles. The smallest absolute Gasteiger partial charge is 0.259 e. The average molecular weight is 401 g/mol. The molecule has 1 saturated carbocycles. The van der Waals surface area contributed by atoms with Gasteiger partial charge in [0.25, 0.3) is 5.92 Å². The standard InChI is InChI=1S/C16H9Cl2F3N4O/c1-6-2-3-22-10(8-5-16(8,20)21)11(6)25-14-7(12(17)24-15(25)26)4-9(19)13(18)23-14/h2-4,8H,5H2,1H3. The molecule has 1 fully saturated rings. The lowest BCUT2D eigenvalue weighted by Crippen LogP contribution is -2.25. The summed E-state index contributed by atoms with van der Waals surface area (Å²) in [6, 6.07) is 2.56.